The smallest absolute Gasteiger partial charge is 0.428 e. The van der Waals surface area contributed by atoms with Crippen molar-refractivity contribution >= 4 is 18.8 Å². The van der Waals surface area contributed by atoms with Gasteiger partial charge in [0.1, 0.15) is 0 Å². The van der Waals surface area contributed by atoms with Gasteiger partial charge in [-0.3, -0.25) is 4.79 Å². The Bertz CT molecular complexity index is 252. The molecule has 0 aromatic rings. The summed E-state index contributed by atoms with van der Waals surface area (Å²) in [5, 5.41) is 11.2. The van der Waals surface area contributed by atoms with Crippen LogP contribution in [0.4, 0.5) is 18.0 Å². The lowest BCUT2D eigenvalue weighted by Gasteiger charge is -2.11. The number of rotatable bonds is 2. The maximum Gasteiger partial charge on any atom is 0.428 e. The molecule has 0 aromatic heterocycles. The molecule has 1 aliphatic rings. The van der Waals surface area contributed by atoms with E-state index in [2.05, 4.69) is 9.99 Å². The highest BCUT2D eigenvalue weighted by atomic mass is 19.4. The van der Waals surface area contributed by atoms with Gasteiger partial charge in [-0.15, -0.1) is 5.16 Å². The number of oxime groups is 1. The lowest BCUT2D eigenvalue weighted by molar-refractivity contribution is -0.212. The molecular formula is C5H4BF3NO3. The normalized spacial score (nSPS) is 22.1. The highest BCUT2D eigenvalue weighted by Gasteiger charge is 2.45. The number of hydrogen-bond donors (Lipinski definition) is 1. The molecular weight excluding hydrogens is 190 g/mol. The van der Waals surface area contributed by atoms with Gasteiger partial charge in [-0.2, -0.15) is 13.2 Å². The molecule has 0 fully saturated rings. The van der Waals surface area contributed by atoms with E-state index in [4.69, 9.17) is 5.11 Å². The first kappa shape index (κ1) is 9.88. The number of nitrogens with zero attached hydrogens (tertiary/aromatic N) is 1. The van der Waals surface area contributed by atoms with E-state index < -0.39 is 24.6 Å². The van der Waals surface area contributed by atoms with Crippen LogP contribution < -0.4 is 0 Å². The van der Waals surface area contributed by atoms with E-state index in [0.717, 1.165) is 0 Å². The molecule has 1 heterocycles. The van der Waals surface area contributed by atoms with E-state index in [0.29, 0.717) is 7.28 Å². The molecule has 0 saturated carbocycles. The first-order valence-electron chi connectivity index (χ1n) is 3.26. The van der Waals surface area contributed by atoms with Gasteiger partial charge in [0.05, 0.1) is 0 Å². The third-order valence-corrected chi connectivity index (χ3v) is 1.35. The second-order valence-corrected chi connectivity index (χ2v) is 2.40. The van der Waals surface area contributed by atoms with E-state index >= 15 is 0 Å². The van der Waals surface area contributed by atoms with E-state index in [1.165, 1.54) is 0 Å². The fourth-order valence-corrected chi connectivity index (χ4v) is 0.799. The van der Waals surface area contributed by atoms with Crippen LogP contribution in [-0.2, 0) is 4.84 Å². The van der Waals surface area contributed by atoms with Gasteiger partial charge in [-0.05, 0) is 0 Å². The van der Waals surface area contributed by atoms with Gasteiger partial charge >= 0.3 is 13.5 Å². The third kappa shape index (κ3) is 2.64. The molecule has 1 N–H and O–H groups in total. The van der Waals surface area contributed by atoms with Gasteiger partial charge in [0.25, 0.3) is 0 Å². The van der Waals surface area contributed by atoms with Gasteiger partial charge < -0.3 is 9.94 Å². The van der Waals surface area contributed by atoms with Crippen LogP contribution in [0.3, 0.4) is 0 Å². The minimum Gasteiger partial charge on any atom is -0.489 e. The molecule has 0 aromatic carbocycles. The second-order valence-electron chi connectivity index (χ2n) is 2.40. The van der Waals surface area contributed by atoms with Crippen LogP contribution in [0, 0.1) is 0 Å². The summed E-state index contributed by atoms with van der Waals surface area (Å²) in [6.07, 6.45) is -7.06. The van der Waals surface area contributed by atoms with E-state index in [9.17, 15) is 18.0 Å². The summed E-state index contributed by atoms with van der Waals surface area (Å²) in [5.74, 6) is -1.34. The highest BCUT2D eigenvalue weighted by Crippen LogP contribution is 2.28. The first-order valence-corrected chi connectivity index (χ1v) is 3.26. The van der Waals surface area contributed by atoms with Gasteiger partial charge in [0.2, 0.25) is 12.0 Å². The Balaban J connectivity index is 2.47. The molecule has 8 heteroatoms. The Kier molecular flexibility index (Phi) is 2.49. The zero-order valence-electron chi connectivity index (χ0n) is 6.21. The number of hydrogen-bond acceptors (Lipinski definition) is 3. The summed E-state index contributed by atoms with van der Waals surface area (Å²) in [7, 11) is 0.589. The zero-order chi connectivity index (χ0) is 10.1. The molecule has 13 heavy (non-hydrogen) atoms. The zero-order valence-corrected chi connectivity index (χ0v) is 6.21. The largest absolute Gasteiger partial charge is 0.489 e. The molecule has 1 radical (unpaired) electrons. The van der Waals surface area contributed by atoms with Gasteiger partial charge in [0.15, 0.2) is 0 Å². The number of halogens is 3. The third-order valence-electron chi connectivity index (χ3n) is 1.35. The Hall–Kier alpha value is -1.21. The molecule has 0 spiro atoms. The molecule has 4 nitrogen and oxygen atoms in total. The molecule has 1 atom stereocenters. The second kappa shape index (κ2) is 3.27. The molecule has 0 aliphatic carbocycles. The Morgan fingerprint density at radius 1 is 1.69 bits per heavy atom. The van der Waals surface area contributed by atoms with Crippen molar-refractivity contribution in [3.8, 4) is 0 Å². The maximum absolute atomic E-state index is 11.9. The lowest BCUT2D eigenvalue weighted by atomic mass is 9.71. The molecule has 1 aliphatic heterocycles. The standard InChI is InChI=1S/C5H4BF3NO3/c7-5(8,9)2-1-3(10-13-2)6-4(11)12/h2H,1H2,(H,11,12). The fraction of sp³-hybridized carbons (Fsp3) is 0.600. The van der Waals surface area contributed by atoms with Crippen LogP contribution in [0.2, 0.25) is 0 Å². The predicted molar refractivity (Wildman–Crippen MR) is 36.8 cm³/mol. The quantitative estimate of drug-likeness (QED) is 0.667. The average Bonchev–Trinajstić information content (AvgIpc) is 2.32. The van der Waals surface area contributed by atoms with Gasteiger partial charge in [-0.25, -0.2) is 0 Å². The van der Waals surface area contributed by atoms with E-state index in [-0.39, 0.29) is 5.61 Å². The maximum atomic E-state index is 11.9. The Labute approximate surface area is 71.6 Å². The lowest BCUT2D eigenvalue weighted by Crippen LogP contribution is -2.30. The van der Waals surface area contributed by atoms with Crippen molar-refractivity contribution in [1.29, 1.82) is 0 Å². The highest BCUT2D eigenvalue weighted by molar-refractivity contribution is 6.96. The summed E-state index contributed by atoms with van der Waals surface area (Å²) < 4.78 is 35.7. The van der Waals surface area contributed by atoms with Crippen LogP contribution in [-0.4, -0.2) is 36.1 Å². The van der Waals surface area contributed by atoms with E-state index in [1.54, 1.807) is 0 Å². The fourth-order valence-electron chi connectivity index (χ4n) is 0.799. The SMILES string of the molecule is O=C(O)[B]C1=NOC(C(F)(F)F)C1. The molecule has 71 valence electrons. The number of carboxylic acid groups (broad SMARTS) is 1. The van der Waals surface area contributed by atoms with Crippen molar-refractivity contribution in [3.05, 3.63) is 0 Å². The molecule has 0 bridgehead atoms. The van der Waals surface area contributed by atoms with Crippen molar-refractivity contribution in [1.82, 2.24) is 0 Å². The molecule has 0 saturated heterocycles. The summed E-state index contributed by atoms with van der Waals surface area (Å²) in [6, 6.07) is 0. The summed E-state index contributed by atoms with van der Waals surface area (Å²) in [4.78, 5) is 14.0. The van der Waals surface area contributed by atoms with Crippen molar-refractivity contribution < 1.29 is 27.9 Å². The first-order chi connectivity index (χ1) is 5.89. The topological polar surface area (TPSA) is 58.9 Å². The molecule has 1 unspecified atom stereocenters. The van der Waals surface area contributed by atoms with Crippen LogP contribution in [0.25, 0.3) is 0 Å². The Morgan fingerprint density at radius 3 is 2.69 bits per heavy atom. The van der Waals surface area contributed by atoms with Crippen molar-refractivity contribution in [3.63, 3.8) is 0 Å². The van der Waals surface area contributed by atoms with Gasteiger partial charge in [-0.1, -0.05) is 0 Å². The summed E-state index contributed by atoms with van der Waals surface area (Å²) in [6.45, 7) is 0. The van der Waals surface area contributed by atoms with Crippen molar-refractivity contribution in [2.45, 2.75) is 18.7 Å². The van der Waals surface area contributed by atoms with Crippen LogP contribution in [0.1, 0.15) is 6.42 Å². The van der Waals surface area contributed by atoms with Crippen LogP contribution >= 0.6 is 0 Å². The number of alkyl halides is 3. The predicted octanol–water partition coefficient (Wildman–Crippen LogP) is 1.03. The number of carbonyl (C=O) groups is 1. The van der Waals surface area contributed by atoms with E-state index in [1.807, 2.05) is 0 Å². The van der Waals surface area contributed by atoms with Crippen LogP contribution in [0.15, 0.2) is 5.16 Å². The minimum absolute atomic E-state index is 0.213. The molecule has 1 rings (SSSR count). The molecule has 0 amide bonds. The Morgan fingerprint density at radius 2 is 2.31 bits per heavy atom. The van der Waals surface area contributed by atoms with Crippen LogP contribution in [0.5, 0.6) is 0 Å². The van der Waals surface area contributed by atoms with Gasteiger partial charge in [0, 0.05) is 12.0 Å². The summed E-state index contributed by atoms with van der Waals surface area (Å²) in [5.41, 5.74) is -0.213. The van der Waals surface area contributed by atoms with Crippen molar-refractivity contribution in [2.24, 2.45) is 5.16 Å². The van der Waals surface area contributed by atoms with Crippen molar-refractivity contribution in [2.75, 3.05) is 0 Å². The average molecular weight is 194 g/mol. The monoisotopic (exact) mass is 194 g/mol. The summed E-state index contributed by atoms with van der Waals surface area (Å²) >= 11 is 0. The minimum atomic E-state index is -4.50.